The SMILES string of the molecule is CN(CCO)C(O)c1ccc(-c2cc3ncc(Cl)c(-c4ccc(OC5CCOCC5)c(C#N)c4)c3o2)c(F)c1. The van der Waals surface area contributed by atoms with Crippen LogP contribution in [0.3, 0.4) is 0 Å². The smallest absolute Gasteiger partial charge is 0.162 e. The second-order valence-electron chi connectivity index (χ2n) is 9.38. The number of fused-ring (bicyclic) bond motifs is 1. The van der Waals surface area contributed by atoms with Crippen LogP contribution in [0.4, 0.5) is 4.39 Å². The number of pyridine rings is 1. The number of hydrogen-bond donors (Lipinski definition) is 2. The minimum absolute atomic E-state index is 0.0157. The van der Waals surface area contributed by atoms with Crippen LogP contribution in [-0.4, -0.2) is 59.6 Å². The summed E-state index contributed by atoms with van der Waals surface area (Å²) in [6, 6.07) is 13.4. The van der Waals surface area contributed by atoms with Crippen LogP contribution >= 0.6 is 11.6 Å². The molecule has 1 saturated heterocycles. The minimum atomic E-state index is -1.07. The van der Waals surface area contributed by atoms with Gasteiger partial charge in [0.2, 0.25) is 0 Å². The summed E-state index contributed by atoms with van der Waals surface area (Å²) < 4.78 is 32.7. The Morgan fingerprint density at radius 1 is 1.23 bits per heavy atom. The number of benzene rings is 2. The van der Waals surface area contributed by atoms with Crippen LogP contribution < -0.4 is 4.74 Å². The van der Waals surface area contributed by atoms with Gasteiger partial charge in [-0.1, -0.05) is 23.7 Å². The van der Waals surface area contributed by atoms with Crippen LogP contribution in [0.25, 0.3) is 33.6 Å². The number of aromatic nitrogens is 1. The number of nitrogens with zero attached hydrogens (tertiary/aromatic N) is 3. The van der Waals surface area contributed by atoms with Crippen molar-refractivity contribution in [1.82, 2.24) is 9.88 Å². The summed E-state index contributed by atoms with van der Waals surface area (Å²) in [4.78, 5) is 5.85. The summed E-state index contributed by atoms with van der Waals surface area (Å²) in [5, 5.41) is 29.7. The Morgan fingerprint density at radius 2 is 2.03 bits per heavy atom. The molecule has 0 spiro atoms. The van der Waals surface area contributed by atoms with E-state index in [4.69, 9.17) is 30.6 Å². The van der Waals surface area contributed by atoms with Gasteiger partial charge < -0.3 is 24.1 Å². The van der Waals surface area contributed by atoms with Gasteiger partial charge >= 0.3 is 0 Å². The second kappa shape index (κ2) is 11.7. The van der Waals surface area contributed by atoms with Crippen LogP contribution in [0, 0.1) is 17.1 Å². The molecule has 1 fully saturated rings. The zero-order valence-corrected chi connectivity index (χ0v) is 22.0. The molecule has 0 saturated carbocycles. The highest BCUT2D eigenvalue weighted by molar-refractivity contribution is 6.34. The maximum absolute atomic E-state index is 15.2. The third-order valence-corrected chi connectivity index (χ3v) is 7.06. The van der Waals surface area contributed by atoms with Gasteiger partial charge in [-0.2, -0.15) is 5.26 Å². The summed E-state index contributed by atoms with van der Waals surface area (Å²) in [6.07, 6.45) is 1.92. The van der Waals surface area contributed by atoms with Crippen LogP contribution in [-0.2, 0) is 4.74 Å². The number of rotatable bonds is 8. The highest BCUT2D eigenvalue weighted by Gasteiger charge is 2.22. The standard InChI is InChI=1S/C29H27ClFN3O5/c1-34(8-9-35)29(36)18-2-4-21(23(31)13-18)26-14-24-28(39-26)27(22(30)16-33-24)17-3-5-25(19(12-17)15-32)38-20-6-10-37-11-7-20/h2-5,12-14,16,20,29,35-36H,6-11H2,1H3. The number of nitriles is 1. The first-order chi connectivity index (χ1) is 18.9. The third kappa shape index (κ3) is 5.62. The molecule has 1 unspecified atom stereocenters. The molecule has 1 aliphatic heterocycles. The first kappa shape index (κ1) is 27.1. The lowest BCUT2D eigenvalue weighted by Crippen LogP contribution is -2.27. The Kier molecular flexibility index (Phi) is 8.12. The van der Waals surface area contributed by atoms with E-state index in [-0.39, 0.29) is 30.6 Å². The molecule has 1 aliphatic rings. The lowest BCUT2D eigenvalue weighted by Gasteiger charge is -2.24. The molecule has 2 aromatic carbocycles. The Labute approximate surface area is 229 Å². The summed E-state index contributed by atoms with van der Waals surface area (Å²) >= 11 is 6.55. The van der Waals surface area contributed by atoms with Gasteiger partial charge in [0.1, 0.15) is 41.2 Å². The quantitative estimate of drug-likeness (QED) is 0.284. The topological polar surface area (TPSA) is 112 Å². The molecule has 39 heavy (non-hydrogen) atoms. The molecule has 5 rings (SSSR count). The van der Waals surface area contributed by atoms with Crippen molar-refractivity contribution in [3.05, 3.63) is 70.6 Å². The maximum atomic E-state index is 15.2. The monoisotopic (exact) mass is 551 g/mol. The summed E-state index contributed by atoms with van der Waals surface area (Å²) in [6.45, 7) is 1.35. The molecule has 4 aromatic rings. The third-order valence-electron chi connectivity index (χ3n) is 6.77. The van der Waals surface area contributed by atoms with Crippen molar-refractivity contribution in [3.8, 4) is 34.3 Å². The Hall–Kier alpha value is -3.52. The van der Waals surface area contributed by atoms with Crippen molar-refractivity contribution in [2.75, 3.05) is 33.4 Å². The molecule has 8 nitrogen and oxygen atoms in total. The van der Waals surface area contributed by atoms with Crippen molar-refractivity contribution in [2.45, 2.75) is 25.2 Å². The highest BCUT2D eigenvalue weighted by atomic mass is 35.5. The van der Waals surface area contributed by atoms with Crippen molar-refractivity contribution >= 4 is 22.7 Å². The number of hydrogen-bond acceptors (Lipinski definition) is 8. The Morgan fingerprint density at radius 3 is 2.74 bits per heavy atom. The predicted molar refractivity (Wildman–Crippen MR) is 144 cm³/mol. The molecular weight excluding hydrogens is 525 g/mol. The average Bonchev–Trinajstić information content (AvgIpc) is 3.37. The number of likely N-dealkylation sites (N-methyl/N-ethyl adjacent to an activating group) is 1. The number of ether oxygens (including phenoxy) is 2. The van der Waals surface area contributed by atoms with Crippen molar-refractivity contribution < 1.29 is 28.5 Å². The lowest BCUT2D eigenvalue weighted by molar-refractivity contribution is 0.0110. The van der Waals surface area contributed by atoms with Gasteiger partial charge in [-0.05, 0) is 42.4 Å². The van der Waals surface area contributed by atoms with E-state index in [2.05, 4.69) is 11.1 Å². The van der Waals surface area contributed by atoms with E-state index in [1.54, 1.807) is 37.4 Å². The highest BCUT2D eigenvalue weighted by Crippen LogP contribution is 2.40. The molecule has 0 amide bonds. The molecule has 10 heteroatoms. The fraction of sp³-hybridized carbons (Fsp3) is 0.310. The zero-order chi connectivity index (χ0) is 27.5. The molecule has 202 valence electrons. The van der Waals surface area contributed by atoms with E-state index < -0.39 is 12.0 Å². The number of aliphatic hydroxyl groups is 2. The van der Waals surface area contributed by atoms with Gasteiger partial charge in [-0.3, -0.25) is 9.88 Å². The predicted octanol–water partition coefficient (Wildman–Crippen LogP) is 5.30. The van der Waals surface area contributed by atoms with Gasteiger partial charge in [-0.25, -0.2) is 4.39 Å². The maximum Gasteiger partial charge on any atom is 0.162 e. The Balaban J connectivity index is 1.49. The van der Waals surface area contributed by atoms with E-state index in [0.29, 0.717) is 57.3 Å². The van der Waals surface area contributed by atoms with Crippen molar-refractivity contribution in [1.29, 1.82) is 5.26 Å². The fourth-order valence-electron chi connectivity index (χ4n) is 4.63. The fourth-order valence-corrected chi connectivity index (χ4v) is 4.88. The lowest BCUT2D eigenvalue weighted by atomic mass is 10.0. The normalized spacial score (nSPS) is 15.0. The number of furan rings is 1. The first-order valence-electron chi connectivity index (χ1n) is 12.6. The van der Waals surface area contributed by atoms with Gasteiger partial charge in [0.05, 0.1) is 36.0 Å². The van der Waals surface area contributed by atoms with Crippen LogP contribution in [0.15, 0.2) is 53.1 Å². The van der Waals surface area contributed by atoms with E-state index in [0.717, 1.165) is 12.8 Å². The molecule has 2 N–H and O–H groups in total. The molecule has 3 heterocycles. The summed E-state index contributed by atoms with van der Waals surface area (Å²) in [7, 11) is 1.63. The summed E-state index contributed by atoms with van der Waals surface area (Å²) in [5.74, 6) is 0.143. The van der Waals surface area contributed by atoms with Crippen LogP contribution in [0.1, 0.15) is 30.2 Å². The minimum Gasteiger partial charge on any atom is -0.489 e. The molecule has 0 radical (unpaired) electrons. The van der Waals surface area contributed by atoms with Gasteiger partial charge in [0.15, 0.2) is 5.58 Å². The van der Waals surface area contributed by atoms with E-state index >= 15 is 4.39 Å². The van der Waals surface area contributed by atoms with Crippen LogP contribution in [0.5, 0.6) is 5.75 Å². The van der Waals surface area contributed by atoms with Gasteiger partial charge in [-0.15, -0.1) is 0 Å². The van der Waals surface area contributed by atoms with Gasteiger partial charge in [0, 0.05) is 37.2 Å². The van der Waals surface area contributed by atoms with E-state index in [1.165, 1.54) is 23.2 Å². The molecular formula is C29H27ClFN3O5. The number of halogens is 2. The molecule has 0 aliphatic carbocycles. The molecule has 2 aromatic heterocycles. The Bertz CT molecular complexity index is 1530. The van der Waals surface area contributed by atoms with E-state index in [1.807, 2.05) is 0 Å². The molecule has 1 atom stereocenters. The van der Waals surface area contributed by atoms with E-state index in [9.17, 15) is 10.4 Å². The zero-order valence-electron chi connectivity index (χ0n) is 21.2. The first-order valence-corrected chi connectivity index (χ1v) is 12.9. The van der Waals surface area contributed by atoms with Gasteiger partial charge in [0.25, 0.3) is 0 Å². The largest absolute Gasteiger partial charge is 0.489 e. The van der Waals surface area contributed by atoms with Crippen molar-refractivity contribution in [3.63, 3.8) is 0 Å². The summed E-state index contributed by atoms with van der Waals surface area (Å²) in [5.41, 5.74) is 2.88. The van der Waals surface area contributed by atoms with Crippen molar-refractivity contribution in [2.24, 2.45) is 0 Å². The van der Waals surface area contributed by atoms with Crippen LogP contribution in [0.2, 0.25) is 5.02 Å². The second-order valence-corrected chi connectivity index (χ2v) is 9.78. The average molecular weight is 552 g/mol. The molecule has 0 bridgehead atoms. The number of aliphatic hydroxyl groups excluding tert-OH is 2.